The third-order valence-electron chi connectivity index (χ3n) is 3.73. The first-order chi connectivity index (χ1) is 9.46. The highest BCUT2D eigenvalue weighted by atomic mass is 15.3. The molecule has 0 aliphatic heterocycles. The highest BCUT2D eigenvalue weighted by Crippen LogP contribution is 2.14. The predicted octanol–water partition coefficient (Wildman–Crippen LogP) is 3.23. The first kappa shape index (κ1) is 14.8. The van der Waals surface area contributed by atoms with Crippen molar-refractivity contribution in [2.45, 2.75) is 45.7 Å². The average molecular weight is 271 g/mol. The molecule has 0 aliphatic carbocycles. The van der Waals surface area contributed by atoms with Crippen LogP contribution in [0.3, 0.4) is 0 Å². The highest BCUT2D eigenvalue weighted by Gasteiger charge is 2.17. The van der Waals surface area contributed by atoms with Gasteiger partial charge in [-0.2, -0.15) is 5.10 Å². The largest absolute Gasteiger partial charge is 0.306 e. The second-order valence-corrected chi connectivity index (χ2v) is 6.12. The second kappa shape index (κ2) is 6.23. The Morgan fingerprint density at radius 2 is 1.90 bits per heavy atom. The van der Waals surface area contributed by atoms with E-state index in [1.165, 1.54) is 11.3 Å². The fraction of sp³-hybridized carbons (Fsp3) is 0.471. The van der Waals surface area contributed by atoms with Crippen LogP contribution in [0.4, 0.5) is 0 Å². The van der Waals surface area contributed by atoms with E-state index in [0.29, 0.717) is 0 Å². The van der Waals surface area contributed by atoms with Crippen molar-refractivity contribution in [1.82, 2.24) is 15.1 Å². The summed E-state index contributed by atoms with van der Waals surface area (Å²) in [6, 6.07) is 12.8. The third kappa shape index (κ3) is 4.20. The Balaban J connectivity index is 1.86. The van der Waals surface area contributed by atoms with Crippen molar-refractivity contribution in [1.29, 1.82) is 0 Å². The van der Waals surface area contributed by atoms with Gasteiger partial charge in [0.25, 0.3) is 0 Å². The molecule has 1 N–H and O–H groups in total. The quantitative estimate of drug-likeness (QED) is 0.874. The molecule has 1 aromatic heterocycles. The van der Waals surface area contributed by atoms with E-state index in [1.807, 2.05) is 18.7 Å². The first-order valence-corrected chi connectivity index (χ1v) is 7.25. The van der Waals surface area contributed by atoms with Crippen LogP contribution in [0.1, 0.15) is 37.2 Å². The number of aromatic nitrogens is 2. The van der Waals surface area contributed by atoms with Gasteiger partial charge in [-0.05, 0) is 45.2 Å². The molecule has 2 aromatic rings. The van der Waals surface area contributed by atoms with Gasteiger partial charge in [0.05, 0.1) is 11.4 Å². The summed E-state index contributed by atoms with van der Waals surface area (Å²) in [5, 5.41) is 8.02. The molecule has 0 amide bonds. The summed E-state index contributed by atoms with van der Waals surface area (Å²) in [4.78, 5) is 0. The zero-order chi connectivity index (χ0) is 14.6. The van der Waals surface area contributed by atoms with Crippen molar-refractivity contribution >= 4 is 0 Å². The summed E-state index contributed by atoms with van der Waals surface area (Å²) in [5.74, 6) is 0. The molecule has 0 bridgehead atoms. The lowest BCUT2D eigenvalue weighted by Gasteiger charge is -2.26. The molecule has 0 aliphatic rings. The van der Waals surface area contributed by atoms with Crippen LogP contribution < -0.4 is 5.32 Å². The van der Waals surface area contributed by atoms with Crippen LogP contribution in [-0.4, -0.2) is 15.3 Å². The van der Waals surface area contributed by atoms with Crippen LogP contribution in [0.5, 0.6) is 0 Å². The predicted molar refractivity (Wildman–Crippen MR) is 83.6 cm³/mol. The van der Waals surface area contributed by atoms with Crippen LogP contribution in [0, 0.1) is 6.92 Å². The van der Waals surface area contributed by atoms with Crippen LogP contribution in [0.2, 0.25) is 0 Å². The minimum absolute atomic E-state index is 0.119. The smallest absolute Gasteiger partial charge is 0.0597 e. The van der Waals surface area contributed by atoms with Crippen LogP contribution in [-0.2, 0) is 20.0 Å². The number of benzene rings is 1. The number of hydrogen-bond donors (Lipinski definition) is 1. The first-order valence-electron chi connectivity index (χ1n) is 7.25. The van der Waals surface area contributed by atoms with Crippen LogP contribution >= 0.6 is 0 Å². The van der Waals surface area contributed by atoms with Gasteiger partial charge in [-0.15, -0.1) is 0 Å². The highest BCUT2D eigenvalue weighted by molar-refractivity contribution is 5.15. The number of nitrogens with zero attached hydrogens (tertiary/aromatic N) is 2. The van der Waals surface area contributed by atoms with Gasteiger partial charge in [0.15, 0.2) is 0 Å². The van der Waals surface area contributed by atoms with Gasteiger partial charge in [-0.25, -0.2) is 0 Å². The topological polar surface area (TPSA) is 29.9 Å². The molecule has 1 heterocycles. The molecular weight excluding hydrogens is 246 g/mol. The van der Waals surface area contributed by atoms with Gasteiger partial charge in [-0.1, -0.05) is 30.3 Å². The standard InChI is InChI=1S/C17H25N3/c1-14-12-16(20(4)19-14)13-18-17(2,3)11-10-15-8-6-5-7-9-15/h5-9,12,18H,10-11,13H2,1-4H3. The Bertz CT molecular complexity index is 541. The number of nitrogens with one attached hydrogen (secondary N) is 1. The molecule has 2 rings (SSSR count). The summed E-state index contributed by atoms with van der Waals surface area (Å²) in [6.45, 7) is 7.42. The summed E-state index contributed by atoms with van der Waals surface area (Å²) < 4.78 is 1.95. The zero-order valence-electron chi connectivity index (χ0n) is 13.0. The van der Waals surface area contributed by atoms with E-state index in [2.05, 4.69) is 60.7 Å². The van der Waals surface area contributed by atoms with Gasteiger partial charge in [0, 0.05) is 19.1 Å². The molecule has 0 saturated carbocycles. The molecule has 0 atom stereocenters. The summed E-state index contributed by atoms with van der Waals surface area (Å²) >= 11 is 0. The molecule has 0 unspecified atom stereocenters. The Hall–Kier alpha value is -1.61. The molecule has 0 saturated heterocycles. The molecule has 0 radical (unpaired) electrons. The molecule has 0 fully saturated rings. The van der Waals surface area contributed by atoms with Crippen molar-refractivity contribution in [2.75, 3.05) is 0 Å². The van der Waals surface area contributed by atoms with E-state index in [9.17, 15) is 0 Å². The second-order valence-electron chi connectivity index (χ2n) is 6.12. The van der Waals surface area contributed by atoms with Crippen molar-refractivity contribution < 1.29 is 0 Å². The van der Waals surface area contributed by atoms with Gasteiger partial charge in [-0.3, -0.25) is 4.68 Å². The van der Waals surface area contributed by atoms with Crippen molar-refractivity contribution in [3.05, 3.63) is 53.3 Å². The Labute approximate surface area is 122 Å². The van der Waals surface area contributed by atoms with Crippen molar-refractivity contribution in [2.24, 2.45) is 7.05 Å². The zero-order valence-corrected chi connectivity index (χ0v) is 13.0. The SMILES string of the molecule is Cc1cc(CNC(C)(C)CCc2ccccc2)n(C)n1. The van der Waals surface area contributed by atoms with Crippen molar-refractivity contribution in [3.8, 4) is 0 Å². The molecule has 3 nitrogen and oxygen atoms in total. The fourth-order valence-corrected chi connectivity index (χ4v) is 2.35. The molecule has 108 valence electrons. The lowest BCUT2D eigenvalue weighted by molar-refractivity contribution is 0.355. The maximum atomic E-state index is 4.38. The average Bonchev–Trinajstić information content (AvgIpc) is 2.74. The molecule has 20 heavy (non-hydrogen) atoms. The summed E-state index contributed by atoms with van der Waals surface area (Å²) in [5.41, 5.74) is 3.83. The Kier molecular flexibility index (Phi) is 4.61. The summed E-state index contributed by atoms with van der Waals surface area (Å²) in [7, 11) is 2.00. The van der Waals surface area contributed by atoms with E-state index in [0.717, 1.165) is 25.1 Å². The monoisotopic (exact) mass is 271 g/mol. The van der Waals surface area contributed by atoms with E-state index in [4.69, 9.17) is 0 Å². The molecule has 3 heteroatoms. The van der Waals surface area contributed by atoms with Gasteiger partial charge in [0.2, 0.25) is 0 Å². The van der Waals surface area contributed by atoms with Gasteiger partial charge >= 0.3 is 0 Å². The lowest BCUT2D eigenvalue weighted by atomic mass is 9.95. The van der Waals surface area contributed by atoms with Gasteiger partial charge in [0.1, 0.15) is 0 Å². The molecule has 1 aromatic carbocycles. The lowest BCUT2D eigenvalue weighted by Crippen LogP contribution is -2.39. The number of rotatable bonds is 6. The van der Waals surface area contributed by atoms with Gasteiger partial charge < -0.3 is 5.32 Å². The van der Waals surface area contributed by atoms with Crippen LogP contribution in [0.15, 0.2) is 36.4 Å². The van der Waals surface area contributed by atoms with E-state index < -0.39 is 0 Å². The maximum Gasteiger partial charge on any atom is 0.0597 e. The van der Waals surface area contributed by atoms with Crippen molar-refractivity contribution in [3.63, 3.8) is 0 Å². The Morgan fingerprint density at radius 3 is 2.50 bits per heavy atom. The normalized spacial score (nSPS) is 11.8. The van der Waals surface area contributed by atoms with E-state index in [1.54, 1.807) is 0 Å². The summed E-state index contributed by atoms with van der Waals surface area (Å²) in [6.07, 6.45) is 2.22. The van der Waals surface area contributed by atoms with Crippen LogP contribution in [0.25, 0.3) is 0 Å². The number of aryl methyl sites for hydroxylation is 3. The minimum atomic E-state index is 0.119. The number of hydrogen-bond acceptors (Lipinski definition) is 2. The minimum Gasteiger partial charge on any atom is -0.306 e. The molecular formula is C17H25N3. The fourth-order valence-electron chi connectivity index (χ4n) is 2.35. The molecule has 0 spiro atoms. The van der Waals surface area contributed by atoms with E-state index >= 15 is 0 Å². The third-order valence-corrected chi connectivity index (χ3v) is 3.73. The van der Waals surface area contributed by atoms with E-state index in [-0.39, 0.29) is 5.54 Å². The maximum absolute atomic E-state index is 4.38. The Morgan fingerprint density at radius 1 is 1.20 bits per heavy atom.